The van der Waals surface area contributed by atoms with Gasteiger partial charge in [-0.25, -0.2) is 0 Å². The van der Waals surface area contributed by atoms with Crippen molar-refractivity contribution in [1.82, 2.24) is 0 Å². The van der Waals surface area contributed by atoms with Crippen LogP contribution in [0.3, 0.4) is 0 Å². The first kappa shape index (κ1) is 20.4. The van der Waals surface area contributed by atoms with E-state index in [1.807, 2.05) is 0 Å². The maximum Gasteiger partial charge on any atom is 0.192 e. The minimum atomic E-state index is -1.67. The standard InChI is InChI=1S/C23H38OSi2/c1-21(2,3)26(4,5)24-18-22-14-9-10-15-23(22,17-11-16-22)19-25-20-12-7-6-8-13-20/h6-8,12-13H,9-11,14-19H2,1-5H3/t22-,23+/m0/s1. The van der Waals surface area contributed by atoms with E-state index in [0.29, 0.717) is 15.9 Å². The number of hydrogen-bond donors (Lipinski definition) is 0. The van der Waals surface area contributed by atoms with Gasteiger partial charge in [0, 0.05) is 6.61 Å². The third kappa shape index (κ3) is 3.90. The molecule has 0 spiro atoms. The molecule has 2 atom stereocenters. The van der Waals surface area contributed by atoms with E-state index in [-0.39, 0.29) is 0 Å². The van der Waals surface area contributed by atoms with E-state index in [2.05, 4.69) is 64.2 Å². The zero-order chi connectivity index (χ0) is 18.9. The molecule has 26 heavy (non-hydrogen) atoms. The molecule has 144 valence electrons. The summed E-state index contributed by atoms with van der Waals surface area (Å²) in [4.78, 5) is 0. The fourth-order valence-electron chi connectivity index (χ4n) is 5.03. The number of rotatable bonds is 6. The molecule has 0 bridgehead atoms. The quantitative estimate of drug-likeness (QED) is 0.530. The van der Waals surface area contributed by atoms with Crippen LogP contribution < -0.4 is 5.19 Å². The summed E-state index contributed by atoms with van der Waals surface area (Å²) in [7, 11) is -0.716. The van der Waals surface area contributed by atoms with Gasteiger partial charge < -0.3 is 4.43 Å². The molecule has 3 heteroatoms. The molecular formula is C23H38OSi2. The lowest BCUT2D eigenvalue weighted by atomic mass is 9.59. The Hall–Kier alpha value is -0.386. The molecule has 0 amide bonds. The molecule has 0 saturated heterocycles. The second-order valence-corrected chi connectivity index (χ2v) is 16.5. The number of benzene rings is 1. The van der Waals surface area contributed by atoms with Crippen LogP contribution in [0.4, 0.5) is 0 Å². The molecule has 2 fully saturated rings. The van der Waals surface area contributed by atoms with E-state index in [0.717, 1.165) is 16.1 Å². The monoisotopic (exact) mass is 386 g/mol. The van der Waals surface area contributed by atoms with Crippen LogP contribution in [0.15, 0.2) is 30.3 Å². The van der Waals surface area contributed by atoms with Gasteiger partial charge in [-0.2, -0.15) is 0 Å². The first-order chi connectivity index (χ1) is 12.2. The molecule has 1 nitrogen and oxygen atoms in total. The number of hydrogen-bond acceptors (Lipinski definition) is 1. The summed E-state index contributed by atoms with van der Waals surface area (Å²) in [5.74, 6) is 0. The Morgan fingerprint density at radius 1 is 0.923 bits per heavy atom. The zero-order valence-electron chi connectivity index (χ0n) is 17.7. The van der Waals surface area contributed by atoms with Gasteiger partial charge in [-0.3, -0.25) is 0 Å². The maximum atomic E-state index is 6.86. The summed E-state index contributed by atoms with van der Waals surface area (Å²) in [5.41, 5.74) is 1.00. The van der Waals surface area contributed by atoms with E-state index in [1.165, 1.54) is 51.0 Å². The highest BCUT2D eigenvalue weighted by molar-refractivity contribution is 6.74. The van der Waals surface area contributed by atoms with E-state index in [9.17, 15) is 0 Å². The molecule has 2 aliphatic carbocycles. The summed E-state index contributed by atoms with van der Waals surface area (Å²) >= 11 is 0. The van der Waals surface area contributed by atoms with Crippen molar-refractivity contribution in [3.63, 3.8) is 0 Å². The van der Waals surface area contributed by atoms with Crippen LogP contribution in [-0.2, 0) is 4.43 Å². The Balaban J connectivity index is 1.76. The van der Waals surface area contributed by atoms with E-state index in [1.54, 1.807) is 5.19 Å². The molecule has 0 unspecified atom stereocenters. The van der Waals surface area contributed by atoms with Crippen LogP contribution in [0.1, 0.15) is 65.7 Å². The van der Waals surface area contributed by atoms with Crippen LogP contribution in [0.25, 0.3) is 0 Å². The van der Waals surface area contributed by atoms with Gasteiger partial charge in [0.2, 0.25) is 0 Å². The lowest BCUT2D eigenvalue weighted by Crippen LogP contribution is -2.49. The summed E-state index contributed by atoms with van der Waals surface area (Å²) in [5, 5.41) is 1.85. The fourth-order valence-corrected chi connectivity index (χ4v) is 7.80. The summed E-state index contributed by atoms with van der Waals surface area (Å²) in [6, 6.07) is 12.6. The Bertz CT molecular complexity index is 592. The normalized spacial score (nSPS) is 29.6. The van der Waals surface area contributed by atoms with Crippen molar-refractivity contribution in [1.29, 1.82) is 0 Å². The fraction of sp³-hybridized carbons (Fsp3) is 0.739. The highest BCUT2D eigenvalue weighted by atomic mass is 28.4. The van der Waals surface area contributed by atoms with E-state index < -0.39 is 8.32 Å². The molecular weight excluding hydrogens is 348 g/mol. The Labute approximate surface area is 165 Å². The highest BCUT2D eigenvalue weighted by Gasteiger charge is 2.55. The van der Waals surface area contributed by atoms with Gasteiger partial charge in [0.1, 0.15) is 0 Å². The summed E-state index contributed by atoms with van der Waals surface area (Å²) in [6.45, 7) is 13.0. The molecule has 1 aromatic rings. The third-order valence-corrected chi connectivity index (χ3v) is 14.0. The van der Waals surface area contributed by atoms with Gasteiger partial charge in [0.15, 0.2) is 8.32 Å². The lowest BCUT2D eigenvalue weighted by Gasteiger charge is -2.52. The molecule has 0 heterocycles. The molecule has 1 aromatic carbocycles. The first-order valence-electron chi connectivity index (χ1n) is 10.6. The smallest absolute Gasteiger partial charge is 0.192 e. The predicted octanol–water partition coefficient (Wildman–Crippen LogP) is 6.19. The SMILES string of the molecule is CC(C)(C)[Si](C)(C)OC[C@@]12CCCC[C@]1(C[Si]c1ccccc1)CCC2. The van der Waals surface area contributed by atoms with Crippen molar-refractivity contribution in [2.24, 2.45) is 10.8 Å². The minimum absolute atomic E-state index is 0.311. The maximum absolute atomic E-state index is 6.86. The van der Waals surface area contributed by atoms with E-state index in [4.69, 9.17) is 4.43 Å². The topological polar surface area (TPSA) is 9.23 Å². The van der Waals surface area contributed by atoms with Crippen molar-refractivity contribution < 1.29 is 4.43 Å². The van der Waals surface area contributed by atoms with Gasteiger partial charge in [0.25, 0.3) is 0 Å². The lowest BCUT2D eigenvalue weighted by molar-refractivity contribution is -0.0136. The molecule has 0 aliphatic heterocycles. The third-order valence-electron chi connectivity index (χ3n) is 7.92. The average Bonchev–Trinajstić information content (AvgIpc) is 2.98. The molecule has 3 rings (SSSR count). The summed E-state index contributed by atoms with van der Waals surface area (Å²) < 4.78 is 6.86. The molecule has 0 N–H and O–H groups in total. The van der Waals surface area contributed by atoms with Crippen molar-refractivity contribution in [3.8, 4) is 0 Å². The Kier molecular flexibility index (Phi) is 5.92. The van der Waals surface area contributed by atoms with Crippen molar-refractivity contribution in [2.75, 3.05) is 6.61 Å². The average molecular weight is 387 g/mol. The van der Waals surface area contributed by atoms with Gasteiger partial charge in [-0.05, 0) is 54.6 Å². The van der Waals surface area contributed by atoms with Crippen LogP contribution in [-0.4, -0.2) is 24.4 Å². The predicted molar refractivity (Wildman–Crippen MR) is 117 cm³/mol. The first-order valence-corrected chi connectivity index (χ1v) is 14.7. The molecule has 2 radical (unpaired) electrons. The highest BCUT2D eigenvalue weighted by Crippen LogP contribution is 2.63. The van der Waals surface area contributed by atoms with Crippen LogP contribution >= 0.6 is 0 Å². The number of fused-ring (bicyclic) bond motifs is 1. The second-order valence-electron chi connectivity index (χ2n) is 10.4. The molecule has 0 aromatic heterocycles. The van der Waals surface area contributed by atoms with Crippen molar-refractivity contribution in [2.45, 2.75) is 89.9 Å². The van der Waals surface area contributed by atoms with Crippen molar-refractivity contribution >= 4 is 23.0 Å². The van der Waals surface area contributed by atoms with Crippen LogP contribution in [0.2, 0.25) is 24.2 Å². The van der Waals surface area contributed by atoms with Crippen LogP contribution in [0.5, 0.6) is 0 Å². The van der Waals surface area contributed by atoms with Gasteiger partial charge >= 0.3 is 0 Å². The van der Waals surface area contributed by atoms with Crippen molar-refractivity contribution in [3.05, 3.63) is 30.3 Å². The second kappa shape index (κ2) is 7.56. The minimum Gasteiger partial charge on any atom is -0.416 e. The Morgan fingerprint density at radius 3 is 2.15 bits per heavy atom. The van der Waals surface area contributed by atoms with Gasteiger partial charge in [-0.1, -0.05) is 81.6 Å². The molecule has 2 aliphatic rings. The summed E-state index contributed by atoms with van der Waals surface area (Å²) in [6.07, 6.45) is 9.95. The largest absolute Gasteiger partial charge is 0.416 e. The van der Waals surface area contributed by atoms with Gasteiger partial charge in [0.05, 0.1) is 9.52 Å². The van der Waals surface area contributed by atoms with E-state index >= 15 is 0 Å². The zero-order valence-corrected chi connectivity index (χ0v) is 19.7. The Morgan fingerprint density at radius 2 is 1.50 bits per heavy atom. The van der Waals surface area contributed by atoms with Crippen LogP contribution in [0, 0.1) is 10.8 Å². The molecule has 2 saturated carbocycles. The van der Waals surface area contributed by atoms with Gasteiger partial charge in [-0.15, -0.1) is 0 Å².